The molecule has 1 aliphatic heterocycles. The zero-order valence-corrected chi connectivity index (χ0v) is 12.6. The van der Waals surface area contributed by atoms with E-state index in [1.54, 1.807) is 29.2 Å². The molecule has 0 N–H and O–H groups in total. The van der Waals surface area contributed by atoms with Gasteiger partial charge in [0.05, 0.1) is 17.3 Å². The molecular weight excluding hydrogens is 268 g/mol. The molecule has 1 saturated heterocycles. The summed E-state index contributed by atoms with van der Waals surface area (Å²) >= 11 is 0. The van der Waals surface area contributed by atoms with Crippen LogP contribution in [-0.4, -0.2) is 42.2 Å². The van der Waals surface area contributed by atoms with Crippen LogP contribution in [0.2, 0.25) is 0 Å². The number of ether oxygens (including phenoxy) is 2. The van der Waals surface area contributed by atoms with E-state index >= 15 is 0 Å². The van der Waals surface area contributed by atoms with Crippen LogP contribution in [0.4, 0.5) is 0 Å². The van der Waals surface area contributed by atoms with Gasteiger partial charge in [-0.3, -0.25) is 4.79 Å². The van der Waals surface area contributed by atoms with Gasteiger partial charge in [0.2, 0.25) is 0 Å². The van der Waals surface area contributed by atoms with E-state index in [0.717, 1.165) is 0 Å². The fraction of sp³-hybridized carbons (Fsp3) is 0.500. The number of morpholine rings is 1. The molecule has 1 aliphatic rings. The molecule has 112 valence electrons. The summed E-state index contributed by atoms with van der Waals surface area (Å²) in [6, 6.07) is 8.95. The van der Waals surface area contributed by atoms with Gasteiger partial charge in [-0.2, -0.15) is 5.26 Å². The van der Waals surface area contributed by atoms with Crippen LogP contribution in [0, 0.1) is 11.3 Å². The molecule has 5 heteroatoms. The lowest BCUT2D eigenvalue weighted by Crippen LogP contribution is -2.54. The minimum Gasteiger partial charge on any atom is -0.482 e. The molecule has 1 aromatic rings. The Morgan fingerprint density at radius 3 is 2.90 bits per heavy atom. The van der Waals surface area contributed by atoms with Crippen molar-refractivity contribution >= 4 is 5.91 Å². The Morgan fingerprint density at radius 1 is 1.52 bits per heavy atom. The number of carbonyl (C=O) groups is 1. The molecule has 0 radical (unpaired) electrons. The molecule has 1 aromatic carbocycles. The second kappa shape index (κ2) is 6.15. The summed E-state index contributed by atoms with van der Waals surface area (Å²) in [7, 11) is 0. The standard InChI is InChI=1S/C16H20N2O3/c1-12-9-18(11-16(2,3)21-12)15(19)10-20-14-7-5-4-6-13(14)8-17/h4-7,12H,9-11H2,1-3H3. The quantitative estimate of drug-likeness (QED) is 0.853. The SMILES string of the molecule is CC1CN(C(=O)COc2ccccc2C#N)CC(C)(C)O1. The van der Waals surface area contributed by atoms with Crippen molar-refractivity contribution in [2.24, 2.45) is 0 Å². The molecule has 0 spiro atoms. The van der Waals surface area contributed by atoms with E-state index in [2.05, 4.69) is 0 Å². The van der Waals surface area contributed by atoms with Crippen molar-refractivity contribution in [2.45, 2.75) is 32.5 Å². The third-order valence-electron chi connectivity index (χ3n) is 3.28. The van der Waals surface area contributed by atoms with Gasteiger partial charge >= 0.3 is 0 Å². The van der Waals surface area contributed by atoms with Gasteiger partial charge < -0.3 is 14.4 Å². The van der Waals surface area contributed by atoms with Crippen LogP contribution in [0.25, 0.3) is 0 Å². The van der Waals surface area contributed by atoms with Crippen molar-refractivity contribution in [1.29, 1.82) is 5.26 Å². The highest BCUT2D eigenvalue weighted by Gasteiger charge is 2.33. The number of hydrogen-bond acceptors (Lipinski definition) is 4. The second-order valence-electron chi connectivity index (χ2n) is 5.86. The van der Waals surface area contributed by atoms with Crippen molar-refractivity contribution in [3.05, 3.63) is 29.8 Å². The number of amides is 1. The van der Waals surface area contributed by atoms with Gasteiger partial charge in [0.15, 0.2) is 6.61 Å². The summed E-state index contributed by atoms with van der Waals surface area (Å²) in [5.41, 5.74) is 0.0821. The van der Waals surface area contributed by atoms with Crippen LogP contribution < -0.4 is 4.74 Å². The maximum Gasteiger partial charge on any atom is 0.260 e. The van der Waals surface area contributed by atoms with Gasteiger partial charge in [-0.15, -0.1) is 0 Å². The molecule has 1 amide bonds. The average Bonchev–Trinajstić information content (AvgIpc) is 2.42. The van der Waals surface area contributed by atoms with E-state index in [1.165, 1.54) is 0 Å². The number of hydrogen-bond donors (Lipinski definition) is 0. The Kier molecular flexibility index (Phi) is 4.49. The second-order valence-corrected chi connectivity index (χ2v) is 5.86. The minimum atomic E-state index is -0.349. The number of nitriles is 1. The molecule has 2 rings (SSSR count). The summed E-state index contributed by atoms with van der Waals surface area (Å²) in [6.07, 6.45) is 0.00379. The highest BCUT2D eigenvalue weighted by Crippen LogP contribution is 2.21. The molecule has 5 nitrogen and oxygen atoms in total. The van der Waals surface area contributed by atoms with Crippen molar-refractivity contribution in [3.8, 4) is 11.8 Å². The lowest BCUT2D eigenvalue weighted by Gasteiger charge is -2.41. The van der Waals surface area contributed by atoms with Crippen molar-refractivity contribution < 1.29 is 14.3 Å². The predicted octanol–water partition coefficient (Wildman–Crippen LogP) is 1.96. The zero-order valence-electron chi connectivity index (χ0n) is 12.6. The summed E-state index contributed by atoms with van der Waals surface area (Å²) in [5.74, 6) is 0.347. The molecule has 0 aliphatic carbocycles. The predicted molar refractivity (Wildman–Crippen MR) is 77.9 cm³/mol. The third-order valence-corrected chi connectivity index (χ3v) is 3.28. The molecular formula is C16H20N2O3. The first-order valence-electron chi connectivity index (χ1n) is 6.99. The molecule has 1 heterocycles. The van der Waals surface area contributed by atoms with Gasteiger partial charge in [-0.25, -0.2) is 0 Å². The first-order valence-corrected chi connectivity index (χ1v) is 6.99. The maximum atomic E-state index is 12.3. The highest BCUT2D eigenvalue weighted by atomic mass is 16.5. The fourth-order valence-electron chi connectivity index (χ4n) is 2.56. The fourth-order valence-corrected chi connectivity index (χ4v) is 2.56. The largest absolute Gasteiger partial charge is 0.482 e. The van der Waals surface area contributed by atoms with Gasteiger partial charge in [0.25, 0.3) is 5.91 Å². The summed E-state index contributed by atoms with van der Waals surface area (Å²) < 4.78 is 11.3. The van der Waals surface area contributed by atoms with Gasteiger partial charge in [0, 0.05) is 13.1 Å². The van der Waals surface area contributed by atoms with Crippen LogP contribution in [-0.2, 0) is 9.53 Å². The molecule has 1 fully saturated rings. The van der Waals surface area contributed by atoms with Crippen molar-refractivity contribution in [2.75, 3.05) is 19.7 Å². The molecule has 0 saturated carbocycles. The molecule has 0 bridgehead atoms. The molecule has 1 atom stereocenters. The van der Waals surface area contributed by atoms with E-state index < -0.39 is 0 Å². The lowest BCUT2D eigenvalue weighted by molar-refractivity contribution is -0.159. The normalized spacial score (nSPS) is 20.7. The number of rotatable bonds is 3. The van der Waals surface area contributed by atoms with Gasteiger partial charge in [-0.1, -0.05) is 12.1 Å². The van der Waals surface area contributed by atoms with E-state index in [9.17, 15) is 4.79 Å². The number of carbonyl (C=O) groups excluding carboxylic acids is 1. The average molecular weight is 288 g/mol. The summed E-state index contributed by atoms with van der Waals surface area (Å²) in [4.78, 5) is 14.0. The number of benzene rings is 1. The molecule has 1 unspecified atom stereocenters. The van der Waals surface area contributed by atoms with Crippen LogP contribution >= 0.6 is 0 Å². The minimum absolute atomic E-state index is 0.00379. The number of nitrogens with zero attached hydrogens (tertiary/aromatic N) is 2. The first kappa shape index (κ1) is 15.3. The van der Waals surface area contributed by atoms with E-state index in [-0.39, 0.29) is 24.2 Å². The van der Waals surface area contributed by atoms with Crippen LogP contribution in [0.15, 0.2) is 24.3 Å². The first-order chi connectivity index (χ1) is 9.91. The Labute approximate surface area is 125 Å². The van der Waals surface area contributed by atoms with Crippen LogP contribution in [0.3, 0.4) is 0 Å². The van der Waals surface area contributed by atoms with Crippen LogP contribution in [0.1, 0.15) is 26.3 Å². The van der Waals surface area contributed by atoms with Crippen LogP contribution in [0.5, 0.6) is 5.75 Å². The van der Waals surface area contributed by atoms with Crippen molar-refractivity contribution in [3.63, 3.8) is 0 Å². The Morgan fingerprint density at radius 2 is 2.24 bits per heavy atom. The molecule has 0 aromatic heterocycles. The van der Waals surface area contributed by atoms with Gasteiger partial charge in [-0.05, 0) is 32.9 Å². The molecule has 21 heavy (non-hydrogen) atoms. The van der Waals surface area contributed by atoms with E-state index in [4.69, 9.17) is 14.7 Å². The Balaban J connectivity index is 1.97. The Bertz CT molecular complexity index is 563. The summed E-state index contributed by atoms with van der Waals surface area (Å²) in [5, 5.41) is 8.99. The topological polar surface area (TPSA) is 62.6 Å². The third kappa shape index (κ3) is 3.96. The van der Waals surface area contributed by atoms with E-state index in [0.29, 0.717) is 24.4 Å². The smallest absolute Gasteiger partial charge is 0.260 e. The Hall–Kier alpha value is -2.06. The lowest BCUT2D eigenvalue weighted by atomic mass is 10.1. The van der Waals surface area contributed by atoms with E-state index in [1.807, 2.05) is 26.8 Å². The maximum absolute atomic E-state index is 12.3. The zero-order chi connectivity index (χ0) is 15.5. The highest BCUT2D eigenvalue weighted by molar-refractivity contribution is 5.78. The van der Waals surface area contributed by atoms with Crippen molar-refractivity contribution in [1.82, 2.24) is 4.90 Å². The monoisotopic (exact) mass is 288 g/mol. The van der Waals surface area contributed by atoms with Gasteiger partial charge in [0.1, 0.15) is 11.8 Å². The number of para-hydroxylation sites is 1. The summed E-state index contributed by atoms with van der Waals surface area (Å²) in [6.45, 7) is 6.92.